The van der Waals surface area contributed by atoms with Gasteiger partial charge in [0.15, 0.2) is 5.96 Å². The van der Waals surface area contributed by atoms with Gasteiger partial charge in [0.1, 0.15) is 0 Å². The summed E-state index contributed by atoms with van der Waals surface area (Å²) >= 11 is 1.76. The van der Waals surface area contributed by atoms with Crippen LogP contribution in [0.1, 0.15) is 24.1 Å². The topological polar surface area (TPSA) is 30.9 Å². The third-order valence-electron chi connectivity index (χ3n) is 4.79. The molecule has 1 N–H and O–H groups in total. The minimum absolute atomic E-state index is 0.488. The minimum atomic E-state index is -4.09. The summed E-state index contributed by atoms with van der Waals surface area (Å²) in [5.41, 5.74) is 0. The molecule has 0 radical (unpaired) electrons. The molecule has 1 aromatic rings. The van der Waals surface area contributed by atoms with Gasteiger partial charge in [-0.15, -0.1) is 11.3 Å². The van der Waals surface area contributed by atoms with Gasteiger partial charge >= 0.3 is 6.18 Å². The molecule has 1 aromatic heterocycles. The van der Waals surface area contributed by atoms with Crippen molar-refractivity contribution in [1.29, 1.82) is 0 Å². The molecule has 0 spiro atoms. The van der Waals surface area contributed by atoms with Crippen molar-refractivity contribution in [3.8, 4) is 0 Å². The lowest BCUT2D eigenvalue weighted by Gasteiger charge is -2.32. The number of likely N-dealkylation sites (N-methyl/N-ethyl adjacent to an activating group) is 1. The van der Waals surface area contributed by atoms with Crippen molar-refractivity contribution in [3.05, 3.63) is 22.4 Å². The Morgan fingerprint density at radius 3 is 2.69 bits per heavy atom. The first-order chi connectivity index (χ1) is 12.4. The van der Waals surface area contributed by atoms with E-state index in [0.29, 0.717) is 19.0 Å². The van der Waals surface area contributed by atoms with Crippen LogP contribution in [0.2, 0.25) is 0 Å². The Bertz CT molecular complexity index is 537. The fraction of sp³-hybridized carbons (Fsp3) is 0.722. The van der Waals surface area contributed by atoms with E-state index in [1.54, 1.807) is 18.4 Å². The molecule has 8 heteroatoms. The molecular formula is C18H29F3N4S. The van der Waals surface area contributed by atoms with Crippen LogP contribution in [-0.4, -0.2) is 68.8 Å². The lowest BCUT2D eigenvalue weighted by atomic mass is 9.93. The van der Waals surface area contributed by atoms with Crippen LogP contribution in [0.5, 0.6) is 0 Å². The fourth-order valence-electron chi connectivity index (χ4n) is 3.30. The van der Waals surface area contributed by atoms with Crippen LogP contribution in [0.25, 0.3) is 0 Å². The second-order valence-corrected chi connectivity index (χ2v) is 7.88. The summed E-state index contributed by atoms with van der Waals surface area (Å²) in [6, 6.07) is 4.20. The number of piperidine rings is 1. The highest BCUT2D eigenvalue weighted by Gasteiger charge is 2.32. The Morgan fingerprint density at radius 1 is 1.38 bits per heavy atom. The van der Waals surface area contributed by atoms with E-state index in [1.165, 1.54) is 9.78 Å². The third kappa shape index (κ3) is 7.53. The molecule has 4 nitrogen and oxygen atoms in total. The molecule has 1 aliphatic rings. The maximum atomic E-state index is 12.4. The maximum Gasteiger partial charge on any atom is 0.401 e. The molecule has 1 saturated heterocycles. The smallest absolute Gasteiger partial charge is 0.356 e. The molecule has 26 heavy (non-hydrogen) atoms. The van der Waals surface area contributed by atoms with Crippen LogP contribution >= 0.6 is 11.3 Å². The summed E-state index contributed by atoms with van der Waals surface area (Å²) in [6.07, 6.45) is -0.450. The van der Waals surface area contributed by atoms with Crippen molar-refractivity contribution in [2.24, 2.45) is 10.9 Å². The number of thiophene rings is 1. The summed E-state index contributed by atoms with van der Waals surface area (Å²) in [7, 11) is 3.80. The molecular weight excluding hydrogens is 361 g/mol. The van der Waals surface area contributed by atoms with E-state index in [0.717, 1.165) is 44.7 Å². The summed E-state index contributed by atoms with van der Waals surface area (Å²) in [5.74, 6) is 1.36. The van der Waals surface area contributed by atoms with E-state index in [9.17, 15) is 13.2 Å². The van der Waals surface area contributed by atoms with E-state index in [2.05, 4.69) is 32.7 Å². The van der Waals surface area contributed by atoms with Gasteiger partial charge in [0, 0.05) is 32.1 Å². The number of nitrogens with one attached hydrogen (secondary N) is 1. The Labute approximate surface area is 158 Å². The zero-order valence-electron chi connectivity index (χ0n) is 15.6. The standard InChI is InChI=1S/C18H29F3N4S/c1-22-17(24(2)10-8-16-4-3-13-26-16)23-9-5-15-6-11-25(12-7-15)14-18(19,20)21/h3-4,13,15H,5-12,14H2,1-2H3,(H,22,23). The van der Waals surface area contributed by atoms with Crippen molar-refractivity contribution >= 4 is 17.3 Å². The first-order valence-electron chi connectivity index (χ1n) is 9.10. The van der Waals surface area contributed by atoms with Gasteiger partial charge in [0.05, 0.1) is 6.54 Å². The average Bonchev–Trinajstić information content (AvgIpc) is 3.10. The second-order valence-electron chi connectivity index (χ2n) is 6.85. The molecule has 0 aromatic carbocycles. The molecule has 0 bridgehead atoms. The third-order valence-corrected chi connectivity index (χ3v) is 5.73. The average molecular weight is 391 g/mol. The second kappa shape index (κ2) is 10.2. The monoisotopic (exact) mass is 390 g/mol. The number of halogens is 3. The summed E-state index contributed by atoms with van der Waals surface area (Å²) in [4.78, 5) is 9.32. The van der Waals surface area contributed by atoms with E-state index in [1.807, 2.05) is 7.05 Å². The summed E-state index contributed by atoms with van der Waals surface area (Å²) in [6.45, 7) is 2.01. The predicted octanol–water partition coefficient (Wildman–Crippen LogP) is 3.46. The Morgan fingerprint density at radius 2 is 2.12 bits per heavy atom. The highest BCUT2D eigenvalue weighted by molar-refractivity contribution is 7.09. The number of alkyl halides is 3. The Kier molecular flexibility index (Phi) is 8.21. The SMILES string of the molecule is CN=C(NCCC1CCN(CC(F)(F)F)CC1)N(C)CCc1cccs1. The van der Waals surface area contributed by atoms with E-state index < -0.39 is 12.7 Å². The van der Waals surface area contributed by atoms with Crippen molar-refractivity contribution < 1.29 is 13.2 Å². The molecule has 1 aliphatic heterocycles. The van der Waals surface area contributed by atoms with Gasteiger partial charge in [-0.2, -0.15) is 13.2 Å². The van der Waals surface area contributed by atoms with Crippen molar-refractivity contribution in [3.63, 3.8) is 0 Å². The Hall–Kier alpha value is -1.28. The van der Waals surface area contributed by atoms with Crippen molar-refractivity contribution in [1.82, 2.24) is 15.1 Å². The summed E-state index contributed by atoms with van der Waals surface area (Å²) < 4.78 is 37.3. The normalized spacial score (nSPS) is 17.5. The molecule has 0 unspecified atom stereocenters. The largest absolute Gasteiger partial charge is 0.401 e. The van der Waals surface area contributed by atoms with Crippen LogP contribution < -0.4 is 5.32 Å². The number of likely N-dealkylation sites (tertiary alicyclic amines) is 1. The van der Waals surface area contributed by atoms with Gasteiger partial charge in [0.2, 0.25) is 0 Å². The minimum Gasteiger partial charge on any atom is -0.356 e. The van der Waals surface area contributed by atoms with Gasteiger partial charge in [0.25, 0.3) is 0 Å². The molecule has 1 fully saturated rings. The zero-order chi connectivity index (χ0) is 19.0. The van der Waals surface area contributed by atoms with Gasteiger partial charge in [-0.05, 0) is 56.1 Å². The van der Waals surface area contributed by atoms with E-state index in [4.69, 9.17) is 0 Å². The fourth-order valence-corrected chi connectivity index (χ4v) is 4.00. The van der Waals surface area contributed by atoms with Gasteiger partial charge in [-0.25, -0.2) is 0 Å². The first kappa shape index (κ1) is 21.0. The van der Waals surface area contributed by atoms with Crippen LogP contribution in [0.3, 0.4) is 0 Å². The quantitative estimate of drug-likeness (QED) is 0.571. The van der Waals surface area contributed by atoms with Gasteiger partial charge < -0.3 is 10.2 Å². The zero-order valence-corrected chi connectivity index (χ0v) is 16.4. The van der Waals surface area contributed by atoms with Crippen LogP contribution in [0, 0.1) is 5.92 Å². The summed E-state index contributed by atoms with van der Waals surface area (Å²) in [5, 5.41) is 5.47. The number of hydrogen-bond acceptors (Lipinski definition) is 3. The molecule has 2 heterocycles. The highest BCUT2D eigenvalue weighted by Crippen LogP contribution is 2.24. The Balaban J connectivity index is 1.63. The number of guanidine groups is 1. The van der Waals surface area contributed by atoms with Crippen LogP contribution in [-0.2, 0) is 6.42 Å². The van der Waals surface area contributed by atoms with Crippen LogP contribution in [0.15, 0.2) is 22.5 Å². The molecule has 0 amide bonds. The highest BCUT2D eigenvalue weighted by atomic mass is 32.1. The first-order valence-corrected chi connectivity index (χ1v) is 9.98. The van der Waals surface area contributed by atoms with E-state index >= 15 is 0 Å². The van der Waals surface area contributed by atoms with E-state index in [-0.39, 0.29) is 0 Å². The van der Waals surface area contributed by atoms with Crippen molar-refractivity contribution in [2.45, 2.75) is 31.9 Å². The predicted molar refractivity (Wildman–Crippen MR) is 102 cm³/mol. The van der Waals surface area contributed by atoms with Gasteiger partial charge in [-0.3, -0.25) is 9.89 Å². The van der Waals surface area contributed by atoms with Gasteiger partial charge in [-0.1, -0.05) is 6.07 Å². The lowest BCUT2D eigenvalue weighted by Crippen LogP contribution is -2.42. The maximum absolute atomic E-state index is 12.4. The molecule has 0 atom stereocenters. The molecule has 2 rings (SSSR count). The lowest BCUT2D eigenvalue weighted by molar-refractivity contribution is -0.148. The molecule has 0 aliphatic carbocycles. The number of rotatable bonds is 7. The number of nitrogens with zero attached hydrogens (tertiary/aromatic N) is 3. The molecule has 0 saturated carbocycles. The number of hydrogen-bond donors (Lipinski definition) is 1. The van der Waals surface area contributed by atoms with Crippen molar-refractivity contribution in [2.75, 3.05) is 46.8 Å². The number of aliphatic imine (C=N–C) groups is 1. The van der Waals surface area contributed by atoms with Crippen LogP contribution in [0.4, 0.5) is 13.2 Å². The molecule has 148 valence electrons.